The van der Waals surface area contributed by atoms with E-state index in [0.717, 1.165) is 11.1 Å². The Bertz CT molecular complexity index is 1100. The third-order valence-electron chi connectivity index (χ3n) is 4.18. The van der Waals surface area contributed by atoms with Crippen molar-refractivity contribution in [3.8, 4) is 28.0 Å². The zero-order chi connectivity index (χ0) is 17.4. The van der Waals surface area contributed by atoms with Crippen molar-refractivity contribution in [3.63, 3.8) is 0 Å². The van der Waals surface area contributed by atoms with Gasteiger partial charge in [0.15, 0.2) is 0 Å². The number of rotatable bonds is 3. The average Bonchev–Trinajstić information content (AvgIpc) is 3.02. The largest absolute Gasteiger partial charge is 0.506 e. The van der Waals surface area contributed by atoms with Gasteiger partial charge >= 0.3 is 0 Å². The summed E-state index contributed by atoms with van der Waals surface area (Å²) in [7, 11) is 0. The van der Waals surface area contributed by atoms with Crippen molar-refractivity contribution in [2.45, 2.75) is 6.61 Å². The lowest BCUT2D eigenvalue weighted by molar-refractivity contribution is 0.286. The van der Waals surface area contributed by atoms with E-state index in [-0.39, 0.29) is 23.5 Å². The molecule has 3 N–H and O–H groups in total. The quantitative estimate of drug-likeness (QED) is 0.521. The van der Waals surface area contributed by atoms with Gasteiger partial charge in [0.1, 0.15) is 10.6 Å². The summed E-state index contributed by atoms with van der Waals surface area (Å²) < 4.78 is 0. The van der Waals surface area contributed by atoms with E-state index in [9.17, 15) is 15.0 Å². The van der Waals surface area contributed by atoms with Gasteiger partial charge in [-0.25, -0.2) is 0 Å². The Morgan fingerprint density at radius 2 is 1.44 bits per heavy atom. The second-order valence-electron chi connectivity index (χ2n) is 5.67. The van der Waals surface area contributed by atoms with Gasteiger partial charge < -0.3 is 15.2 Å². The normalized spacial score (nSPS) is 11.1. The van der Waals surface area contributed by atoms with Crippen molar-refractivity contribution < 1.29 is 10.2 Å². The summed E-state index contributed by atoms with van der Waals surface area (Å²) in [5.74, 6) is -0.0558. The van der Waals surface area contributed by atoms with Gasteiger partial charge in [-0.3, -0.25) is 4.79 Å². The molecule has 0 bridgehead atoms. The van der Waals surface area contributed by atoms with Crippen molar-refractivity contribution in [1.82, 2.24) is 4.98 Å². The van der Waals surface area contributed by atoms with E-state index in [2.05, 4.69) is 4.98 Å². The molecule has 0 aliphatic rings. The van der Waals surface area contributed by atoms with Crippen molar-refractivity contribution in [1.29, 1.82) is 0 Å². The van der Waals surface area contributed by atoms with Crippen LogP contribution >= 0.6 is 11.3 Å². The average molecular weight is 349 g/mol. The molecule has 0 radical (unpaired) electrons. The minimum atomic E-state index is -0.346. The number of aromatic hydroxyl groups is 1. The van der Waals surface area contributed by atoms with Crippen LogP contribution in [0.1, 0.15) is 4.88 Å². The zero-order valence-electron chi connectivity index (χ0n) is 13.2. The van der Waals surface area contributed by atoms with Crippen LogP contribution in [0.3, 0.4) is 0 Å². The maximum atomic E-state index is 12.5. The van der Waals surface area contributed by atoms with Gasteiger partial charge in [-0.2, -0.15) is 0 Å². The van der Waals surface area contributed by atoms with Crippen molar-refractivity contribution in [3.05, 3.63) is 75.9 Å². The number of benzene rings is 2. The van der Waals surface area contributed by atoms with Crippen LogP contribution in [-0.2, 0) is 6.61 Å². The molecule has 0 aliphatic heterocycles. The van der Waals surface area contributed by atoms with Crippen LogP contribution in [-0.4, -0.2) is 15.2 Å². The third kappa shape index (κ3) is 2.54. The first-order chi connectivity index (χ1) is 12.2. The van der Waals surface area contributed by atoms with Crippen LogP contribution in [0.25, 0.3) is 32.5 Å². The third-order valence-corrected chi connectivity index (χ3v) is 5.27. The summed E-state index contributed by atoms with van der Waals surface area (Å²) >= 11 is 1.29. The Balaban J connectivity index is 2.11. The highest BCUT2D eigenvalue weighted by Gasteiger charge is 2.21. The molecule has 2 aromatic carbocycles. The molecule has 4 rings (SSSR count). The summed E-state index contributed by atoms with van der Waals surface area (Å²) in [6, 6.07) is 18.6. The predicted molar refractivity (Wildman–Crippen MR) is 101 cm³/mol. The topological polar surface area (TPSA) is 73.3 Å². The summed E-state index contributed by atoms with van der Waals surface area (Å²) in [4.78, 5) is 16.6. The van der Waals surface area contributed by atoms with Gasteiger partial charge in [0.25, 0.3) is 5.56 Å². The van der Waals surface area contributed by atoms with E-state index in [1.165, 1.54) is 11.3 Å². The number of aromatic nitrogens is 1. The summed E-state index contributed by atoms with van der Waals surface area (Å²) in [6.07, 6.45) is 0. The first-order valence-electron chi connectivity index (χ1n) is 7.83. The molecule has 0 saturated heterocycles. The van der Waals surface area contributed by atoms with Gasteiger partial charge in [0.2, 0.25) is 0 Å². The minimum Gasteiger partial charge on any atom is -0.506 e. The van der Waals surface area contributed by atoms with Crippen molar-refractivity contribution in [2.24, 2.45) is 0 Å². The summed E-state index contributed by atoms with van der Waals surface area (Å²) in [5, 5.41) is 21.3. The van der Waals surface area contributed by atoms with E-state index < -0.39 is 0 Å². The fraction of sp³-hybridized carbons (Fsp3) is 0.0500. The summed E-state index contributed by atoms with van der Waals surface area (Å²) in [5.41, 5.74) is 2.20. The van der Waals surface area contributed by atoms with Crippen molar-refractivity contribution in [2.75, 3.05) is 0 Å². The standard InChI is InChI=1S/C20H15NO3S/c22-11-14-15(12-7-3-1-4-8-12)17-18(23)16(13-9-5-2-6-10-13)19(24)21-20(17)25-14/h1-10,22H,11H2,(H2,21,23,24). The highest BCUT2D eigenvalue weighted by molar-refractivity contribution is 7.19. The number of hydrogen-bond acceptors (Lipinski definition) is 4. The van der Waals surface area contributed by atoms with Gasteiger partial charge in [0, 0.05) is 10.4 Å². The molecule has 5 heteroatoms. The monoisotopic (exact) mass is 349 g/mol. The Labute approximate surface area is 147 Å². The Hall–Kier alpha value is -2.89. The molecule has 2 heterocycles. The van der Waals surface area contributed by atoms with E-state index in [0.29, 0.717) is 20.7 Å². The number of H-pyrrole nitrogens is 1. The molecule has 0 amide bonds. The lowest BCUT2D eigenvalue weighted by atomic mass is 9.99. The molecule has 2 aromatic heterocycles. The highest BCUT2D eigenvalue weighted by Crippen LogP contribution is 2.44. The molecule has 0 atom stereocenters. The SMILES string of the molecule is O=c1[nH]c2sc(CO)c(-c3ccccc3)c2c(O)c1-c1ccccc1. The van der Waals surface area contributed by atoms with Crippen LogP contribution in [0.5, 0.6) is 5.75 Å². The van der Waals surface area contributed by atoms with Crippen LogP contribution < -0.4 is 5.56 Å². The summed E-state index contributed by atoms with van der Waals surface area (Å²) in [6.45, 7) is -0.161. The van der Waals surface area contributed by atoms with E-state index in [1.54, 1.807) is 12.1 Å². The second kappa shape index (κ2) is 6.20. The molecule has 4 aromatic rings. The molecule has 25 heavy (non-hydrogen) atoms. The molecule has 0 aliphatic carbocycles. The Kier molecular flexibility index (Phi) is 3.87. The molecule has 124 valence electrons. The maximum Gasteiger partial charge on any atom is 0.260 e. The lowest BCUT2D eigenvalue weighted by Crippen LogP contribution is -2.08. The lowest BCUT2D eigenvalue weighted by Gasteiger charge is -2.08. The van der Waals surface area contributed by atoms with E-state index in [1.807, 2.05) is 48.5 Å². The van der Waals surface area contributed by atoms with Crippen LogP contribution in [0.2, 0.25) is 0 Å². The number of aliphatic hydroxyl groups is 1. The second-order valence-corrected chi connectivity index (χ2v) is 6.78. The first kappa shape index (κ1) is 15.6. The van der Waals surface area contributed by atoms with Crippen LogP contribution in [0.4, 0.5) is 0 Å². The van der Waals surface area contributed by atoms with Gasteiger partial charge in [-0.1, -0.05) is 60.7 Å². The fourth-order valence-corrected chi connectivity index (χ4v) is 4.16. The zero-order valence-corrected chi connectivity index (χ0v) is 14.0. The number of thiophene rings is 1. The highest BCUT2D eigenvalue weighted by atomic mass is 32.1. The number of aromatic amines is 1. The fourth-order valence-electron chi connectivity index (χ4n) is 3.08. The minimum absolute atomic E-state index is 0.0558. The molecule has 0 saturated carbocycles. The number of aliphatic hydroxyl groups excluding tert-OH is 1. The predicted octanol–water partition coefficient (Wildman–Crippen LogP) is 4.12. The molecular formula is C20H15NO3S. The maximum absolute atomic E-state index is 12.5. The molecule has 0 fully saturated rings. The number of nitrogens with one attached hydrogen (secondary N) is 1. The number of fused-ring (bicyclic) bond motifs is 1. The van der Waals surface area contributed by atoms with Crippen molar-refractivity contribution >= 4 is 21.6 Å². The molecule has 0 unspecified atom stereocenters. The smallest absolute Gasteiger partial charge is 0.260 e. The Morgan fingerprint density at radius 3 is 2.00 bits per heavy atom. The molecule has 0 spiro atoms. The Morgan fingerprint density at radius 1 is 0.880 bits per heavy atom. The first-order valence-corrected chi connectivity index (χ1v) is 8.64. The number of hydrogen-bond donors (Lipinski definition) is 3. The number of pyridine rings is 1. The van der Waals surface area contributed by atoms with Gasteiger partial charge in [-0.15, -0.1) is 11.3 Å². The van der Waals surface area contributed by atoms with E-state index in [4.69, 9.17) is 0 Å². The molecule has 4 nitrogen and oxygen atoms in total. The molecular weight excluding hydrogens is 334 g/mol. The van der Waals surface area contributed by atoms with E-state index >= 15 is 0 Å². The van der Waals surface area contributed by atoms with Crippen LogP contribution in [0, 0.1) is 0 Å². The van der Waals surface area contributed by atoms with Gasteiger partial charge in [0.05, 0.1) is 17.6 Å². The van der Waals surface area contributed by atoms with Crippen LogP contribution in [0.15, 0.2) is 65.5 Å². The van der Waals surface area contributed by atoms with Gasteiger partial charge in [-0.05, 0) is 11.1 Å².